The van der Waals surface area contributed by atoms with E-state index >= 15 is 0 Å². The van der Waals surface area contributed by atoms with Crippen LogP contribution < -0.4 is 21.3 Å². The first kappa shape index (κ1) is 30.9. The molecule has 0 bridgehead atoms. The molecule has 3 aromatic rings. The highest BCUT2D eigenvalue weighted by molar-refractivity contribution is 5.97. The normalized spacial score (nSPS) is 21.3. The number of carbonyl (C=O) groups is 1. The van der Waals surface area contributed by atoms with Crippen molar-refractivity contribution in [1.82, 2.24) is 30.0 Å². The topological polar surface area (TPSA) is 141 Å². The van der Waals surface area contributed by atoms with Crippen molar-refractivity contribution in [2.75, 3.05) is 75.1 Å². The van der Waals surface area contributed by atoms with Gasteiger partial charge >= 0.3 is 0 Å². The molecular weight excluding hydrogens is 580 g/mol. The van der Waals surface area contributed by atoms with Gasteiger partial charge in [-0.05, 0) is 94.7 Å². The van der Waals surface area contributed by atoms with Crippen molar-refractivity contribution in [3.05, 3.63) is 41.2 Å². The minimum Gasteiger partial charge on any atom is -0.381 e. The molecule has 2 aromatic heterocycles. The number of aromatic nitrogens is 4. The third kappa shape index (κ3) is 6.43. The predicted octanol–water partition coefficient (Wildman–Crippen LogP) is 3.91. The Morgan fingerprint density at radius 3 is 2.39 bits per heavy atom. The molecule has 1 aliphatic carbocycles. The van der Waals surface area contributed by atoms with Gasteiger partial charge in [0.15, 0.2) is 17.3 Å². The van der Waals surface area contributed by atoms with Gasteiger partial charge in [0.1, 0.15) is 11.4 Å². The molecule has 4 fully saturated rings. The van der Waals surface area contributed by atoms with E-state index in [2.05, 4.69) is 67.7 Å². The Balaban J connectivity index is 1.09. The number of benzene rings is 1. The molecular formula is C34H48N10O2. The van der Waals surface area contributed by atoms with E-state index in [1.54, 1.807) is 0 Å². The molecule has 12 heteroatoms. The lowest BCUT2D eigenvalue weighted by Crippen LogP contribution is -2.52. The third-order valence-electron chi connectivity index (χ3n) is 10.6. The summed E-state index contributed by atoms with van der Waals surface area (Å²) in [6.07, 6.45) is 6.69. The number of ether oxygens (including phenoxy) is 1. The summed E-state index contributed by atoms with van der Waals surface area (Å²) in [4.78, 5) is 30.0. The van der Waals surface area contributed by atoms with Gasteiger partial charge in [-0.2, -0.15) is 5.10 Å². The lowest BCUT2D eigenvalue weighted by atomic mass is 9.61. The number of nitrogens with one attached hydrogen (secondary N) is 3. The molecule has 246 valence electrons. The molecule has 1 aromatic carbocycles. The molecule has 0 atom stereocenters. The number of aromatic amines is 1. The summed E-state index contributed by atoms with van der Waals surface area (Å²) in [5.74, 6) is 0.296. The number of piperazine rings is 1. The molecule has 7 rings (SSSR count). The monoisotopic (exact) mass is 628 g/mol. The Morgan fingerprint density at radius 1 is 1.00 bits per heavy atom. The molecule has 46 heavy (non-hydrogen) atoms. The van der Waals surface area contributed by atoms with Gasteiger partial charge in [-0.15, -0.1) is 0 Å². The van der Waals surface area contributed by atoms with E-state index in [4.69, 9.17) is 20.4 Å². The van der Waals surface area contributed by atoms with E-state index < -0.39 is 5.91 Å². The van der Waals surface area contributed by atoms with Crippen LogP contribution in [-0.4, -0.2) is 107 Å². The van der Waals surface area contributed by atoms with Gasteiger partial charge in [0.25, 0.3) is 5.91 Å². The van der Waals surface area contributed by atoms with E-state index in [1.807, 2.05) is 13.0 Å². The number of hydrogen-bond donors (Lipinski definition) is 4. The summed E-state index contributed by atoms with van der Waals surface area (Å²) in [5, 5.41) is 14.4. The smallest absolute Gasteiger partial charge is 0.271 e. The molecule has 5 N–H and O–H groups in total. The van der Waals surface area contributed by atoms with Crippen molar-refractivity contribution in [2.45, 2.75) is 64.5 Å². The van der Waals surface area contributed by atoms with Crippen LogP contribution in [0.15, 0.2) is 24.3 Å². The van der Waals surface area contributed by atoms with Crippen LogP contribution >= 0.6 is 0 Å². The zero-order valence-corrected chi connectivity index (χ0v) is 27.4. The Labute approximate surface area is 271 Å². The van der Waals surface area contributed by atoms with E-state index in [-0.39, 0.29) is 11.7 Å². The number of rotatable bonds is 8. The predicted molar refractivity (Wildman–Crippen MR) is 181 cm³/mol. The Kier molecular flexibility index (Phi) is 8.60. The highest BCUT2D eigenvalue weighted by Crippen LogP contribution is 2.50. The molecule has 4 aliphatic rings. The number of nitrogens with zero attached hydrogens (tertiary/aromatic N) is 6. The van der Waals surface area contributed by atoms with Gasteiger partial charge in [-0.1, -0.05) is 0 Å². The van der Waals surface area contributed by atoms with Crippen LogP contribution in [0.1, 0.15) is 60.3 Å². The van der Waals surface area contributed by atoms with Crippen molar-refractivity contribution in [3.8, 4) is 11.4 Å². The highest BCUT2D eigenvalue weighted by atomic mass is 16.5. The second-order valence-electron chi connectivity index (χ2n) is 14.0. The van der Waals surface area contributed by atoms with Crippen LogP contribution in [0, 0.1) is 19.3 Å². The molecule has 3 saturated heterocycles. The molecule has 12 nitrogen and oxygen atoms in total. The molecule has 3 aliphatic heterocycles. The van der Waals surface area contributed by atoms with E-state index in [1.165, 1.54) is 37.2 Å². The van der Waals surface area contributed by atoms with E-state index in [0.29, 0.717) is 34.5 Å². The number of H-pyrrole nitrogens is 1. The Hall–Kier alpha value is -3.74. The minimum absolute atomic E-state index is 0.0865. The fourth-order valence-electron chi connectivity index (χ4n) is 7.89. The van der Waals surface area contributed by atoms with Gasteiger partial charge in [-0.3, -0.25) is 14.8 Å². The first-order valence-corrected chi connectivity index (χ1v) is 16.9. The van der Waals surface area contributed by atoms with Crippen LogP contribution in [0.4, 0.5) is 23.0 Å². The summed E-state index contributed by atoms with van der Waals surface area (Å²) in [6, 6.07) is 9.19. The summed E-state index contributed by atoms with van der Waals surface area (Å²) >= 11 is 0. The van der Waals surface area contributed by atoms with Crippen molar-refractivity contribution < 1.29 is 9.53 Å². The molecule has 5 heterocycles. The summed E-state index contributed by atoms with van der Waals surface area (Å²) in [7, 11) is 2.21. The minimum atomic E-state index is -0.642. The van der Waals surface area contributed by atoms with Crippen molar-refractivity contribution in [2.24, 2.45) is 11.1 Å². The summed E-state index contributed by atoms with van der Waals surface area (Å²) in [6.45, 7) is 12.5. The molecule has 1 amide bonds. The molecule has 1 spiro atoms. The fourth-order valence-corrected chi connectivity index (χ4v) is 7.89. The van der Waals surface area contributed by atoms with Gasteiger partial charge in [0.05, 0.1) is 0 Å². The molecule has 0 unspecified atom stereocenters. The highest BCUT2D eigenvalue weighted by Gasteiger charge is 2.45. The number of anilines is 4. The number of piperidine rings is 1. The van der Waals surface area contributed by atoms with Crippen LogP contribution in [0.5, 0.6) is 0 Å². The second-order valence-corrected chi connectivity index (χ2v) is 14.0. The Bertz CT molecular complexity index is 1540. The van der Waals surface area contributed by atoms with Crippen LogP contribution in [-0.2, 0) is 4.74 Å². The Morgan fingerprint density at radius 2 is 1.74 bits per heavy atom. The fraction of sp³-hybridized carbons (Fsp3) is 0.588. The van der Waals surface area contributed by atoms with Crippen molar-refractivity contribution in [3.63, 3.8) is 0 Å². The lowest BCUT2D eigenvalue weighted by molar-refractivity contribution is -0.0342. The average molecular weight is 629 g/mol. The number of amides is 1. The molecule has 1 saturated carbocycles. The van der Waals surface area contributed by atoms with Crippen LogP contribution in [0.3, 0.4) is 0 Å². The zero-order chi connectivity index (χ0) is 31.8. The van der Waals surface area contributed by atoms with Crippen molar-refractivity contribution >= 4 is 28.9 Å². The van der Waals surface area contributed by atoms with E-state index in [0.717, 1.165) is 76.5 Å². The number of carbonyl (C=O) groups excluding carboxylic acids is 1. The largest absolute Gasteiger partial charge is 0.381 e. The lowest BCUT2D eigenvalue weighted by Gasteiger charge is -2.50. The zero-order valence-electron chi connectivity index (χ0n) is 27.4. The van der Waals surface area contributed by atoms with Gasteiger partial charge in [0.2, 0.25) is 0 Å². The average Bonchev–Trinajstić information content (AvgIpc) is 3.47. The van der Waals surface area contributed by atoms with E-state index in [9.17, 15) is 4.79 Å². The first-order chi connectivity index (χ1) is 22.2. The second kappa shape index (κ2) is 12.8. The standard InChI is InChI=1S/C34H48N10O2/c1-22-18-24(4-5-28(22)44-10-6-26(7-11-44)43-14-12-42(3)13-15-43)36-33-30(31(35)45)38-29(27-19-23(2)40-41-27)32(39-33)37-25-20-34(21-25)8-16-46-17-9-34/h4-5,18-19,25-26H,6-17,20-21H2,1-3H3,(H2,35,45)(H,40,41)(H2,36,37,39). The third-order valence-corrected chi connectivity index (χ3v) is 10.6. The number of aryl methyl sites for hydroxylation is 2. The quantitative estimate of drug-likeness (QED) is 0.290. The number of nitrogens with two attached hydrogens (primary N) is 1. The van der Waals surface area contributed by atoms with Crippen molar-refractivity contribution in [1.29, 1.82) is 0 Å². The van der Waals surface area contributed by atoms with Gasteiger partial charge in [-0.25, -0.2) is 9.97 Å². The maximum absolute atomic E-state index is 12.7. The van der Waals surface area contributed by atoms with Crippen LogP contribution in [0.2, 0.25) is 0 Å². The summed E-state index contributed by atoms with van der Waals surface area (Å²) < 4.78 is 5.61. The van der Waals surface area contributed by atoms with Crippen LogP contribution in [0.25, 0.3) is 11.4 Å². The number of hydrogen-bond acceptors (Lipinski definition) is 10. The van der Waals surface area contributed by atoms with Gasteiger partial charge in [0, 0.05) is 81.6 Å². The first-order valence-electron chi connectivity index (χ1n) is 16.9. The number of primary amides is 1. The van der Waals surface area contributed by atoms with Gasteiger partial charge < -0.3 is 30.9 Å². The molecule has 0 radical (unpaired) electrons. The maximum atomic E-state index is 12.7. The summed E-state index contributed by atoms with van der Waals surface area (Å²) in [5.41, 5.74) is 11.6. The number of likely N-dealkylation sites (N-methyl/N-ethyl adjacent to an activating group) is 1. The maximum Gasteiger partial charge on any atom is 0.271 e. The SMILES string of the molecule is Cc1cc(-c2nc(C(N)=O)c(Nc3ccc(N4CCC(N5CCN(C)CC5)CC4)c(C)c3)nc2NC2CC3(CCOCC3)C2)n[nH]1.